The topological polar surface area (TPSA) is 50.7 Å². The second-order valence-corrected chi connectivity index (χ2v) is 2.55. The summed E-state index contributed by atoms with van der Waals surface area (Å²) in [6.45, 7) is 0. The second kappa shape index (κ2) is 4.83. The molecule has 0 radical (unpaired) electrons. The van der Waals surface area contributed by atoms with Gasteiger partial charge in [-0.3, -0.25) is 4.99 Å². The number of aliphatic imine (C=N–C) groups is 2. The molecule has 0 heterocycles. The molecule has 0 amide bonds. The van der Waals surface area contributed by atoms with E-state index in [1.54, 1.807) is 7.05 Å². The Balaban J connectivity index is 3.03. The molecular formula is C11H11N3. The summed E-state index contributed by atoms with van der Waals surface area (Å²) in [7, 11) is 1.66. The third-order valence-electron chi connectivity index (χ3n) is 1.72. The number of amidine groups is 1. The Morgan fingerprint density at radius 1 is 1.43 bits per heavy atom. The normalized spacial score (nSPS) is 11.6. The lowest BCUT2D eigenvalue weighted by Gasteiger charge is -1.99. The molecule has 3 heteroatoms. The van der Waals surface area contributed by atoms with E-state index in [1.165, 1.54) is 6.34 Å². The predicted octanol–water partition coefficient (Wildman–Crippen LogP) is 1.03. The lowest BCUT2D eigenvalue weighted by molar-refractivity contribution is 1.38. The van der Waals surface area contributed by atoms with Crippen molar-refractivity contribution in [3.05, 3.63) is 35.4 Å². The van der Waals surface area contributed by atoms with Crippen molar-refractivity contribution in [2.24, 2.45) is 15.7 Å². The molecule has 0 saturated heterocycles. The first-order chi connectivity index (χ1) is 6.81. The van der Waals surface area contributed by atoms with Crippen LogP contribution in [0.15, 0.2) is 34.3 Å². The maximum atomic E-state index is 5.24. The van der Waals surface area contributed by atoms with Gasteiger partial charge in [-0.1, -0.05) is 5.92 Å². The van der Waals surface area contributed by atoms with Gasteiger partial charge in [0.15, 0.2) is 5.84 Å². The lowest BCUT2D eigenvalue weighted by atomic mass is 10.1. The van der Waals surface area contributed by atoms with Crippen molar-refractivity contribution in [2.45, 2.75) is 0 Å². The molecule has 0 aromatic heterocycles. The molecule has 0 bridgehead atoms. The van der Waals surface area contributed by atoms with Crippen molar-refractivity contribution < 1.29 is 0 Å². The zero-order valence-corrected chi connectivity index (χ0v) is 7.94. The Kier molecular flexibility index (Phi) is 3.45. The molecule has 0 saturated carbocycles. The molecule has 0 aliphatic carbocycles. The summed E-state index contributed by atoms with van der Waals surface area (Å²) in [6, 6.07) is 7.41. The van der Waals surface area contributed by atoms with Crippen LogP contribution >= 0.6 is 0 Å². The maximum Gasteiger partial charge on any atom is 0.155 e. The zero-order chi connectivity index (χ0) is 10.4. The van der Waals surface area contributed by atoms with Gasteiger partial charge in [0.05, 0.1) is 6.34 Å². The van der Waals surface area contributed by atoms with Crippen molar-refractivity contribution in [3.63, 3.8) is 0 Å². The van der Waals surface area contributed by atoms with Gasteiger partial charge >= 0.3 is 0 Å². The fourth-order valence-corrected chi connectivity index (χ4v) is 1.05. The summed E-state index contributed by atoms with van der Waals surface area (Å²) in [5.41, 5.74) is 6.92. The van der Waals surface area contributed by atoms with Crippen LogP contribution in [0, 0.1) is 12.3 Å². The number of terminal acetylenes is 1. The number of nitrogens with two attached hydrogens (primary N) is 1. The molecule has 0 fully saturated rings. The molecule has 1 rings (SSSR count). The smallest absolute Gasteiger partial charge is 0.155 e. The van der Waals surface area contributed by atoms with E-state index in [9.17, 15) is 0 Å². The molecule has 0 unspecified atom stereocenters. The monoisotopic (exact) mass is 185 g/mol. The van der Waals surface area contributed by atoms with Gasteiger partial charge in [0.2, 0.25) is 0 Å². The Morgan fingerprint density at radius 3 is 2.50 bits per heavy atom. The van der Waals surface area contributed by atoms with E-state index in [2.05, 4.69) is 15.9 Å². The van der Waals surface area contributed by atoms with Gasteiger partial charge in [-0.05, 0) is 24.3 Å². The molecule has 0 aliphatic rings. The van der Waals surface area contributed by atoms with Gasteiger partial charge in [0, 0.05) is 18.2 Å². The molecule has 1 aromatic carbocycles. The van der Waals surface area contributed by atoms with Crippen molar-refractivity contribution in [1.82, 2.24) is 0 Å². The second-order valence-electron chi connectivity index (χ2n) is 2.55. The third kappa shape index (κ3) is 2.20. The van der Waals surface area contributed by atoms with Crippen LogP contribution in [0.5, 0.6) is 0 Å². The van der Waals surface area contributed by atoms with Gasteiger partial charge in [-0.25, -0.2) is 4.99 Å². The largest absolute Gasteiger partial charge is 0.390 e. The molecule has 0 aliphatic heterocycles. The van der Waals surface area contributed by atoms with E-state index in [0.717, 1.165) is 11.1 Å². The highest BCUT2D eigenvalue weighted by atomic mass is 14.9. The van der Waals surface area contributed by atoms with E-state index in [-0.39, 0.29) is 0 Å². The summed E-state index contributed by atoms with van der Waals surface area (Å²) in [6.07, 6.45) is 6.46. The lowest BCUT2D eigenvalue weighted by Crippen LogP contribution is -2.00. The number of hydrogen-bond acceptors (Lipinski definition) is 1. The number of hydrogen-bond donors (Lipinski definition) is 1. The van der Waals surface area contributed by atoms with Crippen molar-refractivity contribution in [1.29, 1.82) is 0 Å². The molecule has 14 heavy (non-hydrogen) atoms. The molecule has 70 valence electrons. The average Bonchev–Trinajstić information content (AvgIpc) is 2.26. The molecular weight excluding hydrogens is 174 g/mol. The zero-order valence-electron chi connectivity index (χ0n) is 7.94. The Hall–Kier alpha value is -2.08. The minimum Gasteiger partial charge on any atom is -0.390 e. The third-order valence-corrected chi connectivity index (χ3v) is 1.72. The maximum absolute atomic E-state index is 5.24. The minimum absolute atomic E-state index is 0.594. The van der Waals surface area contributed by atoms with Gasteiger partial charge < -0.3 is 5.73 Å². The van der Waals surface area contributed by atoms with Crippen LogP contribution in [0.25, 0.3) is 0 Å². The van der Waals surface area contributed by atoms with Gasteiger partial charge in [0.1, 0.15) is 0 Å². The van der Waals surface area contributed by atoms with Gasteiger partial charge in [-0.15, -0.1) is 6.42 Å². The summed E-state index contributed by atoms with van der Waals surface area (Å²) < 4.78 is 0. The van der Waals surface area contributed by atoms with Crippen LogP contribution < -0.4 is 5.73 Å². The van der Waals surface area contributed by atoms with E-state index < -0.39 is 0 Å². The highest BCUT2D eigenvalue weighted by Gasteiger charge is 1.98. The van der Waals surface area contributed by atoms with E-state index in [1.807, 2.05) is 24.3 Å². The first-order valence-electron chi connectivity index (χ1n) is 4.10. The number of benzene rings is 1. The number of rotatable bonds is 1. The summed E-state index contributed by atoms with van der Waals surface area (Å²) in [5, 5.41) is 0. The van der Waals surface area contributed by atoms with Gasteiger partial charge in [-0.2, -0.15) is 0 Å². The van der Waals surface area contributed by atoms with E-state index in [0.29, 0.717) is 5.84 Å². The Labute approximate surface area is 83.4 Å². The van der Waals surface area contributed by atoms with E-state index in [4.69, 9.17) is 12.2 Å². The predicted molar refractivity (Wildman–Crippen MR) is 59.5 cm³/mol. The van der Waals surface area contributed by atoms with E-state index >= 15 is 0 Å². The van der Waals surface area contributed by atoms with Crippen LogP contribution in [-0.2, 0) is 0 Å². The minimum atomic E-state index is 0.594. The summed E-state index contributed by atoms with van der Waals surface area (Å²) >= 11 is 0. The first-order valence-corrected chi connectivity index (χ1v) is 4.10. The highest BCUT2D eigenvalue weighted by Crippen LogP contribution is 2.05. The quantitative estimate of drug-likeness (QED) is 0.396. The van der Waals surface area contributed by atoms with Crippen LogP contribution in [0.2, 0.25) is 0 Å². The molecule has 0 atom stereocenters. The standard InChI is InChI=1S/C11H11N3/c1-3-9-4-6-10(7-5-9)11(13-2)14-8-12/h1,4-8H,2H3,(H2,12,13,14). The van der Waals surface area contributed by atoms with Crippen LogP contribution in [-0.4, -0.2) is 19.2 Å². The summed E-state index contributed by atoms with van der Waals surface area (Å²) in [5.74, 6) is 3.13. The van der Waals surface area contributed by atoms with Gasteiger partial charge in [0.25, 0.3) is 0 Å². The van der Waals surface area contributed by atoms with Crippen LogP contribution in [0.4, 0.5) is 0 Å². The van der Waals surface area contributed by atoms with Crippen molar-refractivity contribution >= 4 is 12.2 Å². The SMILES string of the molecule is C#Cc1ccc(C(N=CN)=NC)cc1. The van der Waals surface area contributed by atoms with Crippen molar-refractivity contribution in [3.8, 4) is 12.3 Å². The molecule has 1 aromatic rings. The fourth-order valence-electron chi connectivity index (χ4n) is 1.05. The molecule has 3 nitrogen and oxygen atoms in total. The molecule has 2 N–H and O–H groups in total. The Bertz CT molecular complexity index is 394. The van der Waals surface area contributed by atoms with Crippen LogP contribution in [0.1, 0.15) is 11.1 Å². The summed E-state index contributed by atoms with van der Waals surface area (Å²) in [4.78, 5) is 7.91. The van der Waals surface area contributed by atoms with Crippen LogP contribution in [0.3, 0.4) is 0 Å². The number of nitrogens with zero attached hydrogens (tertiary/aromatic N) is 2. The molecule has 0 spiro atoms. The van der Waals surface area contributed by atoms with Crippen molar-refractivity contribution in [2.75, 3.05) is 7.05 Å². The average molecular weight is 185 g/mol. The Morgan fingerprint density at radius 2 is 2.07 bits per heavy atom. The fraction of sp³-hybridized carbons (Fsp3) is 0.0909. The first kappa shape index (κ1) is 10.0. The highest BCUT2D eigenvalue weighted by molar-refractivity contribution is 6.02.